The Balaban J connectivity index is 2.48. The van der Waals surface area contributed by atoms with E-state index in [-0.39, 0.29) is 12.0 Å². The minimum Gasteiger partial charge on any atom is -0.368 e. The van der Waals surface area contributed by atoms with Gasteiger partial charge in [0.25, 0.3) is 0 Å². The van der Waals surface area contributed by atoms with E-state index in [4.69, 9.17) is 10.9 Å². The zero-order chi connectivity index (χ0) is 9.68. The summed E-state index contributed by atoms with van der Waals surface area (Å²) in [5.41, 5.74) is 7.26. The van der Waals surface area contributed by atoms with Gasteiger partial charge >= 0.3 is 0 Å². The second-order valence-corrected chi connectivity index (χ2v) is 4.63. The van der Waals surface area contributed by atoms with Gasteiger partial charge in [-0.1, -0.05) is 13.3 Å². The van der Waals surface area contributed by atoms with E-state index in [9.17, 15) is 0 Å². The number of aliphatic imine (C=N–C) groups is 1. The van der Waals surface area contributed by atoms with Crippen molar-refractivity contribution in [3.63, 3.8) is 0 Å². The molecule has 1 aliphatic rings. The second kappa shape index (κ2) is 5.34. The maximum absolute atomic E-state index is 8.50. The number of guanidine groups is 1. The summed E-state index contributed by atoms with van der Waals surface area (Å²) in [7, 11) is 0. The zero-order valence-corrected chi connectivity index (χ0v) is 8.68. The van der Waals surface area contributed by atoms with E-state index in [1.54, 1.807) is 0 Å². The number of nitrogens with one attached hydrogen (secondary N) is 1. The molecule has 0 bridgehead atoms. The maximum atomic E-state index is 8.50. The average molecular weight is 203 g/mol. The van der Waals surface area contributed by atoms with Crippen LogP contribution < -0.4 is 11.2 Å². The summed E-state index contributed by atoms with van der Waals surface area (Å²) < 4.78 is 0. The SMILES string of the molecule is CCSC1CCCC1N=C(N)NO. The van der Waals surface area contributed by atoms with Crippen LogP contribution in [-0.2, 0) is 0 Å². The zero-order valence-electron chi connectivity index (χ0n) is 7.86. The molecule has 0 aromatic carbocycles. The molecule has 0 spiro atoms. The van der Waals surface area contributed by atoms with Gasteiger partial charge in [-0.15, -0.1) is 0 Å². The fourth-order valence-electron chi connectivity index (χ4n) is 1.67. The molecule has 1 aliphatic carbocycles. The van der Waals surface area contributed by atoms with Crippen LogP contribution in [0.15, 0.2) is 4.99 Å². The van der Waals surface area contributed by atoms with E-state index in [1.165, 1.54) is 12.8 Å². The summed E-state index contributed by atoms with van der Waals surface area (Å²) in [5.74, 6) is 1.25. The Morgan fingerprint density at radius 3 is 3.08 bits per heavy atom. The Kier molecular flexibility index (Phi) is 4.38. The van der Waals surface area contributed by atoms with E-state index in [0.29, 0.717) is 5.25 Å². The van der Waals surface area contributed by atoms with Crippen molar-refractivity contribution in [1.29, 1.82) is 0 Å². The number of hydroxylamine groups is 1. The average Bonchev–Trinajstić information content (AvgIpc) is 2.54. The second-order valence-electron chi connectivity index (χ2n) is 3.12. The molecule has 5 heteroatoms. The van der Waals surface area contributed by atoms with E-state index < -0.39 is 0 Å². The molecule has 0 aromatic rings. The predicted molar refractivity (Wildman–Crippen MR) is 56.1 cm³/mol. The van der Waals surface area contributed by atoms with Gasteiger partial charge in [0.1, 0.15) is 0 Å². The third kappa shape index (κ3) is 3.08. The van der Waals surface area contributed by atoms with E-state index in [0.717, 1.165) is 12.2 Å². The highest BCUT2D eigenvalue weighted by Crippen LogP contribution is 2.31. The molecule has 4 N–H and O–H groups in total. The molecule has 0 aliphatic heterocycles. The van der Waals surface area contributed by atoms with Crippen LogP contribution in [0.2, 0.25) is 0 Å². The molecule has 0 radical (unpaired) electrons. The highest BCUT2D eigenvalue weighted by atomic mass is 32.2. The van der Waals surface area contributed by atoms with Crippen LogP contribution in [0, 0.1) is 0 Å². The number of nitrogens with zero attached hydrogens (tertiary/aromatic N) is 1. The first-order chi connectivity index (χ1) is 6.27. The lowest BCUT2D eigenvalue weighted by molar-refractivity contribution is 0.232. The molecule has 1 rings (SSSR count). The first-order valence-electron chi connectivity index (χ1n) is 4.63. The quantitative estimate of drug-likeness (QED) is 0.363. The predicted octanol–water partition coefficient (Wildman–Crippen LogP) is 0.954. The topological polar surface area (TPSA) is 70.6 Å². The van der Waals surface area contributed by atoms with E-state index >= 15 is 0 Å². The van der Waals surface area contributed by atoms with Gasteiger partial charge in [0, 0.05) is 5.25 Å². The van der Waals surface area contributed by atoms with Crippen LogP contribution in [-0.4, -0.2) is 28.2 Å². The molecule has 2 unspecified atom stereocenters. The Hall–Kier alpha value is -0.420. The summed E-state index contributed by atoms with van der Waals surface area (Å²) in [6, 6.07) is 0.282. The van der Waals surface area contributed by atoms with Gasteiger partial charge < -0.3 is 5.73 Å². The monoisotopic (exact) mass is 203 g/mol. The molecule has 4 nitrogen and oxygen atoms in total. The lowest BCUT2D eigenvalue weighted by Crippen LogP contribution is -2.31. The van der Waals surface area contributed by atoms with Crippen molar-refractivity contribution in [2.24, 2.45) is 10.7 Å². The molecule has 0 saturated heterocycles. The van der Waals surface area contributed by atoms with Crippen molar-refractivity contribution >= 4 is 17.7 Å². The van der Waals surface area contributed by atoms with Crippen molar-refractivity contribution in [2.45, 2.75) is 37.5 Å². The lowest BCUT2D eigenvalue weighted by atomic mass is 10.3. The van der Waals surface area contributed by atoms with Gasteiger partial charge in [-0.25, -0.2) is 10.5 Å². The molecule has 0 aromatic heterocycles. The fraction of sp³-hybridized carbons (Fsp3) is 0.875. The van der Waals surface area contributed by atoms with Crippen LogP contribution in [0.1, 0.15) is 26.2 Å². The van der Waals surface area contributed by atoms with Crippen LogP contribution >= 0.6 is 11.8 Å². The lowest BCUT2D eigenvalue weighted by Gasteiger charge is -2.14. The Labute approximate surface area is 82.9 Å². The molecule has 0 amide bonds. The number of nitrogens with two attached hydrogens (primary N) is 1. The molecule has 13 heavy (non-hydrogen) atoms. The number of thioether (sulfide) groups is 1. The third-order valence-corrected chi connectivity index (χ3v) is 3.53. The number of hydrogen-bond donors (Lipinski definition) is 3. The van der Waals surface area contributed by atoms with Gasteiger partial charge in [-0.05, 0) is 18.6 Å². The first kappa shape index (κ1) is 10.7. The summed E-state index contributed by atoms with van der Waals surface area (Å²) in [4.78, 5) is 4.21. The Morgan fingerprint density at radius 1 is 1.69 bits per heavy atom. The van der Waals surface area contributed by atoms with Gasteiger partial charge in [0.2, 0.25) is 5.96 Å². The normalized spacial score (nSPS) is 29.2. The Morgan fingerprint density at radius 2 is 2.46 bits per heavy atom. The van der Waals surface area contributed by atoms with Crippen molar-refractivity contribution < 1.29 is 5.21 Å². The Bertz CT molecular complexity index is 186. The van der Waals surface area contributed by atoms with Crippen LogP contribution in [0.5, 0.6) is 0 Å². The molecular formula is C8H17N3OS. The standard InChI is InChI=1S/C8H17N3OS/c1-2-13-7-5-3-4-6(7)10-8(9)11-12/h6-7,12H,2-5H2,1H3,(H3,9,10,11). The van der Waals surface area contributed by atoms with E-state index in [1.807, 2.05) is 17.2 Å². The van der Waals surface area contributed by atoms with Gasteiger partial charge in [0.05, 0.1) is 6.04 Å². The minimum absolute atomic E-state index is 0.133. The van der Waals surface area contributed by atoms with Crippen LogP contribution in [0.25, 0.3) is 0 Å². The smallest absolute Gasteiger partial charge is 0.213 e. The highest BCUT2D eigenvalue weighted by molar-refractivity contribution is 7.99. The van der Waals surface area contributed by atoms with Crippen LogP contribution in [0.3, 0.4) is 0 Å². The first-order valence-corrected chi connectivity index (χ1v) is 5.67. The summed E-state index contributed by atoms with van der Waals surface area (Å²) in [5, 5.41) is 9.08. The molecule has 1 fully saturated rings. The summed E-state index contributed by atoms with van der Waals surface area (Å²) in [6.07, 6.45) is 3.51. The number of rotatable bonds is 3. The van der Waals surface area contributed by atoms with Crippen molar-refractivity contribution in [3.05, 3.63) is 0 Å². The molecule has 2 atom stereocenters. The molecular weight excluding hydrogens is 186 g/mol. The third-order valence-electron chi connectivity index (χ3n) is 2.22. The highest BCUT2D eigenvalue weighted by Gasteiger charge is 2.26. The largest absolute Gasteiger partial charge is 0.368 e. The summed E-state index contributed by atoms with van der Waals surface area (Å²) >= 11 is 1.93. The van der Waals surface area contributed by atoms with Gasteiger partial charge in [-0.3, -0.25) is 5.21 Å². The molecule has 0 heterocycles. The number of hydrogen-bond acceptors (Lipinski definition) is 3. The fourth-order valence-corrected chi connectivity index (χ4v) is 2.85. The molecule has 1 saturated carbocycles. The maximum Gasteiger partial charge on any atom is 0.213 e. The van der Waals surface area contributed by atoms with Crippen LogP contribution in [0.4, 0.5) is 0 Å². The minimum atomic E-state index is 0.133. The van der Waals surface area contributed by atoms with Crippen molar-refractivity contribution in [2.75, 3.05) is 5.75 Å². The molecule has 76 valence electrons. The van der Waals surface area contributed by atoms with Crippen molar-refractivity contribution in [1.82, 2.24) is 5.48 Å². The van der Waals surface area contributed by atoms with Crippen molar-refractivity contribution in [3.8, 4) is 0 Å². The van der Waals surface area contributed by atoms with Gasteiger partial charge in [0.15, 0.2) is 0 Å². The van der Waals surface area contributed by atoms with Gasteiger partial charge in [-0.2, -0.15) is 11.8 Å². The summed E-state index contributed by atoms with van der Waals surface area (Å²) in [6.45, 7) is 2.15. The van der Waals surface area contributed by atoms with E-state index in [2.05, 4.69) is 11.9 Å².